The van der Waals surface area contributed by atoms with Gasteiger partial charge in [0.15, 0.2) is 0 Å². The summed E-state index contributed by atoms with van der Waals surface area (Å²) in [6.45, 7) is 4.91. The number of hydrogen-bond donors (Lipinski definition) is 0. The van der Waals surface area contributed by atoms with Crippen molar-refractivity contribution in [2.24, 2.45) is 11.8 Å². The second-order valence-electron chi connectivity index (χ2n) is 7.67. The van der Waals surface area contributed by atoms with Crippen molar-refractivity contribution in [3.8, 4) is 0 Å². The van der Waals surface area contributed by atoms with Gasteiger partial charge in [0.25, 0.3) is 0 Å². The molecule has 0 saturated heterocycles. The molecule has 0 radical (unpaired) electrons. The van der Waals surface area contributed by atoms with Gasteiger partial charge in [-0.05, 0) is 54.0 Å². The van der Waals surface area contributed by atoms with Crippen LogP contribution in [0, 0.1) is 23.5 Å². The monoisotopic (exact) mass is 383 g/mol. The third-order valence-corrected chi connectivity index (χ3v) is 5.69. The zero-order chi connectivity index (χ0) is 20.1. The molecule has 0 spiro atoms. The molecule has 148 valence electrons. The summed E-state index contributed by atoms with van der Waals surface area (Å²) < 4.78 is 27.2. The number of halogens is 2. The fourth-order valence-electron chi connectivity index (χ4n) is 3.59. The van der Waals surface area contributed by atoms with Crippen molar-refractivity contribution in [3.63, 3.8) is 0 Å². The molecular formula is C24H27F2NO. The van der Waals surface area contributed by atoms with Crippen LogP contribution < -0.4 is 0 Å². The van der Waals surface area contributed by atoms with Crippen LogP contribution in [0.25, 0.3) is 5.57 Å². The minimum Gasteiger partial charge on any atom is -0.330 e. The van der Waals surface area contributed by atoms with E-state index >= 15 is 0 Å². The Morgan fingerprint density at radius 1 is 1.14 bits per heavy atom. The predicted octanol–water partition coefficient (Wildman–Crippen LogP) is 6.00. The van der Waals surface area contributed by atoms with Gasteiger partial charge >= 0.3 is 0 Å². The Labute approximate surface area is 165 Å². The van der Waals surface area contributed by atoms with Crippen molar-refractivity contribution < 1.29 is 13.6 Å². The highest BCUT2D eigenvalue weighted by Gasteiger charge is 2.27. The lowest BCUT2D eigenvalue weighted by Crippen LogP contribution is -2.22. The van der Waals surface area contributed by atoms with Gasteiger partial charge in [-0.3, -0.25) is 4.79 Å². The fourth-order valence-corrected chi connectivity index (χ4v) is 3.59. The minimum absolute atomic E-state index is 0.209. The molecule has 0 aromatic heterocycles. The summed E-state index contributed by atoms with van der Waals surface area (Å²) in [4.78, 5) is 12.8. The molecule has 0 N–H and O–H groups in total. The van der Waals surface area contributed by atoms with E-state index in [9.17, 15) is 13.6 Å². The average Bonchev–Trinajstić information content (AvgIpc) is 3.49. The van der Waals surface area contributed by atoms with Crippen LogP contribution in [0.2, 0.25) is 0 Å². The van der Waals surface area contributed by atoms with E-state index in [1.54, 1.807) is 4.90 Å². The molecule has 1 fully saturated rings. The number of amides is 1. The second kappa shape index (κ2) is 9.13. The van der Waals surface area contributed by atoms with Crippen molar-refractivity contribution in [2.45, 2.75) is 39.2 Å². The van der Waals surface area contributed by atoms with E-state index in [-0.39, 0.29) is 18.2 Å². The first-order valence-corrected chi connectivity index (χ1v) is 9.95. The van der Waals surface area contributed by atoms with Gasteiger partial charge in [-0.15, -0.1) is 0 Å². The van der Waals surface area contributed by atoms with Crippen molar-refractivity contribution in [1.82, 2.24) is 4.90 Å². The van der Waals surface area contributed by atoms with E-state index in [2.05, 4.69) is 13.8 Å². The van der Waals surface area contributed by atoms with Crippen LogP contribution >= 0.6 is 0 Å². The van der Waals surface area contributed by atoms with E-state index in [4.69, 9.17) is 0 Å². The summed E-state index contributed by atoms with van der Waals surface area (Å²) in [5.74, 6) is 1.15. The Kier molecular flexibility index (Phi) is 6.61. The van der Waals surface area contributed by atoms with Gasteiger partial charge in [-0.1, -0.05) is 56.7 Å². The Morgan fingerprint density at radius 3 is 2.43 bits per heavy atom. The van der Waals surface area contributed by atoms with Crippen LogP contribution in [-0.4, -0.2) is 17.9 Å². The van der Waals surface area contributed by atoms with Gasteiger partial charge in [-0.25, -0.2) is 8.78 Å². The summed E-state index contributed by atoms with van der Waals surface area (Å²) in [7, 11) is 0. The zero-order valence-electron chi connectivity index (χ0n) is 16.4. The number of rotatable bonds is 5. The summed E-state index contributed by atoms with van der Waals surface area (Å²) >= 11 is 0. The molecule has 2 atom stereocenters. The predicted molar refractivity (Wildman–Crippen MR) is 108 cm³/mol. The van der Waals surface area contributed by atoms with E-state index in [1.165, 1.54) is 19.3 Å². The molecule has 28 heavy (non-hydrogen) atoms. The van der Waals surface area contributed by atoms with Crippen molar-refractivity contribution in [1.29, 1.82) is 0 Å². The maximum absolute atomic E-state index is 13.9. The highest BCUT2D eigenvalue weighted by Crippen LogP contribution is 2.37. The molecule has 4 heteroatoms. The van der Waals surface area contributed by atoms with Crippen LogP contribution in [0.3, 0.4) is 0 Å². The number of carbonyl (C=O) groups excluding carboxylic acids is 1. The first kappa shape index (κ1) is 20.2. The standard InChI is InChI=1S/C17H13F2NO.C7H14/c18-14-6-7-16(19)15(9-14)13-8-17(20(10-13)11-21)12-4-2-1-3-5-12;1-3-6(2)7-4-5-7/h1-9,11,17H,10H2;6-7H,3-5H2,1-2H3/t17-;6-/m01/s1. The lowest BCUT2D eigenvalue weighted by Gasteiger charge is -2.19. The minimum atomic E-state index is -0.492. The molecule has 2 aliphatic rings. The number of hydrogen-bond acceptors (Lipinski definition) is 1. The average molecular weight is 383 g/mol. The fraction of sp³-hybridized carbons (Fsp3) is 0.375. The van der Waals surface area contributed by atoms with Crippen LogP contribution in [0.15, 0.2) is 54.6 Å². The van der Waals surface area contributed by atoms with Gasteiger partial charge in [-0.2, -0.15) is 0 Å². The molecule has 2 nitrogen and oxygen atoms in total. The molecule has 1 aliphatic heterocycles. The van der Waals surface area contributed by atoms with Crippen LogP contribution in [-0.2, 0) is 4.79 Å². The van der Waals surface area contributed by atoms with Gasteiger partial charge in [0.2, 0.25) is 6.41 Å². The first-order chi connectivity index (χ1) is 13.5. The van der Waals surface area contributed by atoms with Crippen molar-refractivity contribution >= 4 is 12.0 Å². The third-order valence-electron chi connectivity index (χ3n) is 5.69. The van der Waals surface area contributed by atoms with Crippen LogP contribution in [0.1, 0.15) is 50.3 Å². The number of nitrogens with zero attached hydrogens (tertiary/aromatic N) is 1. The van der Waals surface area contributed by atoms with Gasteiger partial charge < -0.3 is 4.90 Å². The quantitative estimate of drug-likeness (QED) is 0.580. The zero-order valence-corrected chi connectivity index (χ0v) is 16.4. The molecule has 0 unspecified atom stereocenters. The van der Waals surface area contributed by atoms with Gasteiger partial charge in [0, 0.05) is 12.1 Å². The van der Waals surface area contributed by atoms with Crippen LogP contribution in [0.4, 0.5) is 8.78 Å². The molecule has 1 saturated carbocycles. The highest BCUT2D eigenvalue weighted by molar-refractivity contribution is 5.74. The maximum atomic E-state index is 13.9. The lowest BCUT2D eigenvalue weighted by molar-refractivity contribution is -0.118. The van der Waals surface area contributed by atoms with E-state index in [0.717, 1.165) is 42.0 Å². The third kappa shape index (κ3) is 4.86. The van der Waals surface area contributed by atoms with Gasteiger partial charge in [0.05, 0.1) is 6.04 Å². The first-order valence-electron chi connectivity index (χ1n) is 9.95. The number of carbonyl (C=O) groups is 1. The molecule has 4 rings (SSSR count). The molecular weight excluding hydrogens is 356 g/mol. The highest BCUT2D eigenvalue weighted by atomic mass is 19.1. The van der Waals surface area contributed by atoms with E-state index in [0.29, 0.717) is 5.57 Å². The van der Waals surface area contributed by atoms with E-state index < -0.39 is 11.6 Å². The molecule has 0 bridgehead atoms. The lowest BCUT2D eigenvalue weighted by atomic mass is 10.0. The Bertz CT molecular complexity index is 830. The van der Waals surface area contributed by atoms with Crippen LogP contribution in [0.5, 0.6) is 0 Å². The molecule has 2 aromatic carbocycles. The normalized spacial score (nSPS) is 19.5. The van der Waals surface area contributed by atoms with E-state index in [1.807, 2.05) is 36.4 Å². The summed E-state index contributed by atoms with van der Waals surface area (Å²) in [5.41, 5.74) is 1.77. The summed E-state index contributed by atoms with van der Waals surface area (Å²) in [5, 5.41) is 0. The smallest absolute Gasteiger partial charge is 0.210 e. The molecule has 1 heterocycles. The topological polar surface area (TPSA) is 20.3 Å². The van der Waals surface area contributed by atoms with Crippen molar-refractivity contribution in [2.75, 3.05) is 6.54 Å². The molecule has 2 aromatic rings. The van der Waals surface area contributed by atoms with Crippen molar-refractivity contribution in [3.05, 3.63) is 77.4 Å². The SMILES string of the molecule is CC[C@@H](C)C1CC1.O=CN1CC(c2cc(F)ccc2F)=C[C@H]1c1ccccc1. The summed E-state index contributed by atoms with van der Waals surface area (Å²) in [6.07, 6.45) is 6.94. The molecule has 1 amide bonds. The largest absolute Gasteiger partial charge is 0.330 e. The summed E-state index contributed by atoms with van der Waals surface area (Å²) in [6, 6.07) is 12.6. The maximum Gasteiger partial charge on any atom is 0.210 e. The Hall–Kier alpha value is -2.49. The second-order valence-corrected chi connectivity index (χ2v) is 7.67. The Balaban J connectivity index is 0.000000271. The van der Waals surface area contributed by atoms with Gasteiger partial charge in [0.1, 0.15) is 11.6 Å². The molecule has 1 aliphatic carbocycles. The Morgan fingerprint density at radius 2 is 1.86 bits per heavy atom. The number of benzene rings is 2.